The number of aliphatic carboxylic acids is 1. The Morgan fingerprint density at radius 1 is 0.697 bits per heavy atom. The molecule has 66 heavy (non-hydrogen) atoms. The molecule has 0 spiro atoms. The van der Waals surface area contributed by atoms with Gasteiger partial charge in [0.25, 0.3) is 0 Å². The van der Waals surface area contributed by atoms with Gasteiger partial charge in [-0.3, -0.25) is 38.6 Å². The first-order chi connectivity index (χ1) is 30.4. The second-order valence-corrected chi connectivity index (χ2v) is 16.7. The molecule has 0 aliphatic carbocycles. The van der Waals surface area contributed by atoms with E-state index in [9.17, 15) is 58.8 Å². The van der Waals surface area contributed by atoms with Crippen LogP contribution in [0.3, 0.4) is 0 Å². The number of aliphatic imine (C=N–C) groups is 1. The number of carbonyl (C=O) groups is 8. The van der Waals surface area contributed by atoms with E-state index in [-0.39, 0.29) is 57.5 Å². The SMILES string of the molecule is C.CC[C@H](C)[C@H](NC(=O)[C@@H](CCCN=C(N)N)NC(=O)[C@H](CC(C)C)NC(=O)[C@@H](N)[C@H](O)C(C)C)C(=O)N[C@H](C(=O)NCC(=O)N[C@@H](Cc1ccccc1)C(=O)N[C@@H](CO)C(=O)O)[C@H](C)O. The Labute approximate surface area is 386 Å². The number of guanidine groups is 1. The van der Waals surface area contributed by atoms with Gasteiger partial charge in [0.1, 0.15) is 42.3 Å². The van der Waals surface area contributed by atoms with Gasteiger partial charge in [0.15, 0.2) is 5.96 Å². The van der Waals surface area contributed by atoms with Crippen molar-refractivity contribution >= 4 is 53.3 Å². The van der Waals surface area contributed by atoms with Gasteiger partial charge in [-0.15, -0.1) is 0 Å². The van der Waals surface area contributed by atoms with E-state index < -0.39 is 121 Å². The summed E-state index contributed by atoms with van der Waals surface area (Å²) in [5, 5.41) is 56.8. The van der Waals surface area contributed by atoms with E-state index in [4.69, 9.17) is 17.2 Å². The zero-order valence-corrected chi connectivity index (χ0v) is 38.2. The van der Waals surface area contributed by atoms with E-state index in [2.05, 4.69) is 42.2 Å². The van der Waals surface area contributed by atoms with Gasteiger partial charge in [0, 0.05) is 13.0 Å². The summed E-state index contributed by atoms with van der Waals surface area (Å²) in [5.74, 6) is -8.87. The van der Waals surface area contributed by atoms with Gasteiger partial charge in [-0.2, -0.15) is 0 Å². The van der Waals surface area contributed by atoms with Crippen molar-refractivity contribution in [3.63, 3.8) is 0 Å². The highest BCUT2D eigenvalue weighted by Gasteiger charge is 2.36. The van der Waals surface area contributed by atoms with Crippen LogP contribution in [0.25, 0.3) is 0 Å². The Kier molecular flexibility index (Phi) is 27.6. The number of nitrogens with one attached hydrogen (secondary N) is 7. The van der Waals surface area contributed by atoms with Crippen molar-refractivity contribution in [1.82, 2.24) is 37.2 Å². The summed E-state index contributed by atoms with van der Waals surface area (Å²) >= 11 is 0. The molecule has 10 atom stereocenters. The molecule has 23 heteroatoms. The standard InChI is InChI=1S/C42H71N11O12.CH4/c1-8-23(6)32(52-35(58)26(15-12-16-46-42(44)45)49-36(59)27(17-21(2)3)50-38(61)31(43)34(57)22(4)5)40(63)53-33(24(7)55)39(62)47-19-30(56)48-28(18-25-13-10-9-11-14-25)37(60)51-29(20-54)41(64)65;/h9-11,13-14,21-24,26-29,31-34,54-55,57H,8,12,15-20,43H2,1-7H3,(H,47,62)(H,48,56)(H,49,59)(H,50,61)(H,51,60)(H,52,58)(H,53,63)(H,64,65)(H4,44,45,46);1H4/t23-,24-,26+,27-,28-,29-,31-,32-,33-,34+;/m0./s1. The van der Waals surface area contributed by atoms with E-state index >= 15 is 0 Å². The van der Waals surface area contributed by atoms with Crippen molar-refractivity contribution in [2.24, 2.45) is 39.9 Å². The smallest absolute Gasteiger partial charge is 0.328 e. The molecule has 0 aliphatic heterocycles. The molecule has 23 nitrogen and oxygen atoms in total. The molecule has 0 aliphatic rings. The van der Waals surface area contributed by atoms with Crippen LogP contribution in [-0.4, -0.2) is 148 Å². The van der Waals surface area contributed by atoms with Crippen LogP contribution in [0.2, 0.25) is 0 Å². The maximum absolute atomic E-state index is 14.0. The van der Waals surface area contributed by atoms with Gasteiger partial charge >= 0.3 is 5.97 Å². The first-order valence-corrected chi connectivity index (χ1v) is 21.6. The minimum atomic E-state index is -1.67. The summed E-state index contributed by atoms with van der Waals surface area (Å²) < 4.78 is 0. The molecule has 0 fully saturated rings. The van der Waals surface area contributed by atoms with Crippen LogP contribution < -0.4 is 54.4 Å². The molecule has 17 N–H and O–H groups in total. The number of nitrogens with two attached hydrogens (primary N) is 3. The van der Waals surface area contributed by atoms with Gasteiger partial charge in [-0.1, -0.05) is 85.7 Å². The third-order valence-corrected chi connectivity index (χ3v) is 10.3. The minimum absolute atomic E-state index is 0. The molecule has 1 rings (SSSR count). The fourth-order valence-corrected chi connectivity index (χ4v) is 6.23. The Morgan fingerprint density at radius 3 is 1.76 bits per heavy atom. The van der Waals surface area contributed by atoms with Crippen molar-refractivity contribution in [3.8, 4) is 0 Å². The lowest BCUT2D eigenvalue weighted by molar-refractivity contribution is -0.143. The normalized spacial score (nSPS) is 15.6. The summed E-state index contributed by atoms with van der Waals surface area (Å²) in [6.45, 7) is 9.94. The van der Waals surface area contributed by atoms with Crippen molar-refractivity contribution in [3.05, 3.63) is 35.9 Å². The number of hydrogen-bond donors (Lipinski definition) is 14. The van der Waals surface area contributed by atoms with E-state index in [1.54, 1.807) is 58.0 Å². The fraction of sp³-hybridized carbons (Fsp3) is 0.651. The van der Waals surface area contributed by atoms with Gasteiger partial charge in [-0.05, 0) is 49.5 Å². The van der Waals surface area contributed by atoms with Gasteiger partial charge in [0.05, 0.1) is 25.4 Å². The predicted octanol–water partition coefficient (Wildman–Crippen LogP) is -3.16. The maximum Gasteiger partial charge on any atom is 0.328 e. The first-order valence-electron chi connectivity index (χ1n) is 21.6. The lowest BCUT2D eigenvalue weighted by Crippen LogP contribution is -2.62. The molecule has 0 heterocycles. The van der Waals surface area contributed by atoms with Crippen LogP contribution in [-0.2, 0) is 44.8 Å². The number of carbonyl (C=O) groups excluding carboxylic acids is 7. The third kappa shape index (κ3) is 21.4. The average molecular weight is 938 g/mol. The quantitative estimate of drug-likeness (QED) is 0.0214. The Bertz CT molecular complexity index is 1760. The first kappa shape index (κ1) is 60.1. The summed E-state index contributed by atoms with van der Waals surface area (Å²) in [5.41, 5.74) is 17.5. The Hall–Kier alpha value is -5.91. The van der Waals surface area contributed by atoms with Crippen LogP contribution in [0, 0.1) is 17.8 Å². The molecular weight excluding hydrogens is 863 g/mol. The zero-order chi connectivity index (χ0) is 49.6. The minimum Gasteiger partial charge on any atom is -0.480 e. The summed E-state index contributed by atoms with van der Waals surface area (Å²) in [4.78, 5) is 109. The molecule has 0 bridgehead atoms. The summed E-state index contributed by atoms with van der Waals surface area (Å²) in [7, 11) is 0. The topological polar surface area (TPSA) is 392 Å². The van der Waals surface area contributed by atoms with Crippen molar-refractivity contribution < 1.29 is 58.8 Å². The van der Waals surface area contributed by atoms with E-state index in [1.807, 2.05) is 13.8 Å². The highest BCUT2D eigenvalue weighted by Crippen LogP contribution is 2.13. The van der Waals surface area contributed by atoms with Crippen LogP contribution in [0.1, 0.15) is 87.1 Å². The van der Waals surface area contributed by atoms with Crippen LogP contribution >= 0.6 is 0 Å². The number of amides is 7. The van der Waals surface area contributed by atoms with Crippen LogP contribution in [0.4, 0.5) is 0 Å². The third-order valence-electron chi connectivity index (χ3n) is 10.3. The monoisotopic (exact) mass is 938 g/mol. The molecule has 0 radical (unpaired) electrons. The molecule has 0 unspecified atom stereocenters. The fourth-order valence-electron chi connectivity index (χ4n) is 6.23. The number of benzene rings is 1. The number of nitrogens with zero attached hydrogens (tertiary/aromatic N) is 1. The molecule has 0 saturated heterocycles. The number of carboxylic acid groups (broad SMARTS) is 1. The number of rotatable bonds is 29. The van der Waals surface area contributed by atoms with Gasteiger partial charge in [-0.25, -0.2) is 4.79 Å². The summed E-state index contributed by atoms with van der Waals surface area (Å²) in [6.07, 6.45) is -2.21. The van der Waals surface area contributed by atoms with Crippen LogP contribution in [0.5, 0.6) is 0 Å². The van der Waals surface area contributed by atoms with Gasteiger partial charge in [0.2, 0.25) is 41.4 Å². The van der Waals surface area contributed by atoms with Crippen molar-refractivity contribution in [2.45, 2.75) is 142 Å². The highest BCUT2D eigenvalue weighted by molar-refractivity contribution is 5.97. The molecule has 0 aromatic heterocycles. The second-order valence-electron chi connectivity index (χ2n) is 16.7. The van der Waals surface area contributed by atoms with Gasteiger partial charge < -0.3 is 74.8 Å². The molecular formula is C43H75N11O12. The average Bonchev–Trinajstić information content (AvgIpc) is 3.24. The lowest BCUT2D eigenvalue weighted by atomic mass is 9.96. The van der Waals surface area contributed by atoms with E-state index in [0.29, 0.717) is 12.0 Å². The largest absolute Gasteiger partial charge is 0.480 e. The molecule has 0 saturated carbocycles. The number of hydrogen-bond acceptors (Lipinski definition) is 13. The number of aliphatic hydroxyl groups excluding tert-OH is 3. The number of aliphatic hydroxyl groups is 3. The zero-order valence-electron chi connectivity index (χ0n) is 38.2. The second kappa shape index (κ2) is 30.3. The van der Waals surface area contributed by atoms with Crippen LogP contribution in [0.15, 0.2) is 35.3 Å². The molecule has 374 valence electrons. The van der Waals surface area contributed by atoms with Crippen molar-refractivity contribution in [1.29, 1.82) is 0 Å². The number of carboxylic acids is 1. The Morgan fingerprint density at radius 2 is 1.24 bits per heavy atom. The Balaban J connectivity index is 0.0000422. The van der Waals surface area contributed by atoms with E-state index in [1.165, 1.54) is 6.92 Å². The maximum atomic E-state index is 14.0. The molecule has 1 aromatic carbocycles. The summed E-state index contributed by atoms with van der Waals surface area (Å²) in [6, 6.07) is -1.43. The van der Waals surface area contributed by atoms with E-state index in [0.717, 1.165) is 0 Å². The predicted molar refractivity (Wildman–Crippen MR) is 246 cm³/mol. The highest BCUT2D eigenvalue weighted by atomic mass is 16.4. The molecule has 7 amide bonds. The molecule has 1 aromatic rings. The van der Waals surface area contributed by atoms with Crippen molar-refractivity contribution in [2.75, 3.05) is 19.7 Å². The lowest BCUT2D eigenvalue weighted by Gasteiger charge is -2.30.